The van der Waals surface area contributed by atoms with Crippen LogP contribution in [0.25, 0.3) is 0 Å². The lowest BCUT2D eigenvalue weighted by Gasteiger charge is -2.06. The zero-order valence-electron chi connectivity index (χ0n) is 9.86. The molecule has 0 saturated heterocycles. The minimum Gasteiger partial charge on any atom is -0.310 e. The Labute approximate surface area is 114 Å². The van der Waals surface area contributed by atoms with Crippen molar-refractivity contribution >= 4 is 23.1 Å². The average Bonchev–Trinajstić information content (AvgIpc) is 3.06. The van der Waals surface area contributed by atoms with Gasteiger partial charge in [-0.1, -0.05) is 23.9 Å². The third kappa shape index (κ3) is 3.13. The maximum absolute atomic E-state index is 13.9. The van der Waals surface area contributed by atoms with Crippen molar-refractivity contribution in [2.24, 2.45) is 0 Å². The number of benzene rings is 1. The van der Waals surface area contributed by atoms with Gasteiger partial charge in [0.05, 0.1) is 4.21 Å². The first-order valence-corrected chi connectivity index (χ1v) is 7.74. The summed E-state index contributed by atoms with van der Waals surface area (Å²) in [6.07, 6.45) is 2.52. The van der Waals surface area contributed by atoms with Gasteiger partial charge in [-0.3, -0.25) is 0 Å². The molecule has 2 aromatic rings. The standard InChI is InChI=1S/C14H14FNS2/c15-12-8-10(9-16-11-4-5-11)3-6-13(12)18-14-2-1-7-17-14/h1-3,6-8,11,16H,4-5,9H2. The SMILES string of the molecule is Fc1cc(CNC2CC2)ccc1Sc1cccs1. The van der Waals surface area contributed by atoms with E-state index in [1.807, 2.05) is 29.6 Å². The summed E-state index contributed by atoms with van der Waals surface area (Å²) >= 11 is 3.13. The number of rotatable bonds is 5. The van der Waals surface area contributed by atoms with Gasteiger partial charge in [-0.05, 0) is 42.0 Å². The van der Waals surface area contributed by atoms with E-state index in [1.54, 1.807) is 17.4 Å². The molecular formula is C14H14FNS2. The monoisotopic (exact) mass is 279 g/mol. The highest BCUT2D eigenvalue weighted by molar-refractivity contribution is 8.01. The van der Waals surface area contributed by atoms with E-state index < -0.39 is 0 Å². The molecule has 1 N–H and O–H groups in total. The van der Waals surface area contributed by atoms with Crippen molar-refractivity contribution in [1.82, 2.24) is 5.32 Å². The molecule has 94 valence electrons. The van der Waals surface area contributed by atoms with E-state index >= 15 is 0 Å². The Morgan fingerprint density at radius 2 is 2.22 bits per heavy atom. The normalized spacial score (nSPS) is 14.9. The number of thiophene rings is 1. The predicted octanol–water partition coefficient (Wildman–Crippen LogP) is 4.29. The van der Waals surface area contributed by atoms with Gasteiger partial charge in [0.25, 0.3) is 0 Å². The molecule has 1 fully saturated rings. The molecule has 0 amide bonds. The van der Waals surface area contributed by atoms with Gasteiger partial charge in [0.15, 0.2) is 0 Å². The van der Waals surface area contributed by atoms with Crippen LogP contribution in [0.2, 0.25) is 0 Å². The van der Waals surface area contributed by atoms with E-state index in [9.17, 15) is 4.39 Å². The Morgan fingerprint density at radius 1 is 1.33 bits per heavy atom. The zero-order chi connectivity index (χ0) is 12.4. The van der Waals surface area contributed by atoms with Crippen LogP contribution in [0.1, 0.15) is 18.4 Å². The number of halogens is 1. The molecule has 18 heavy (non-hydrogen) atoms. The van der Waals surface area contributed by atoms with Gasteiger partial charge in [-0.2, -0.15) is 0 Å². The maximum Gasteiger partial charge on any atom is 0.137 e. The van der Waals surface area contributed by atoms with E-state index in [1.165, 1.54) is 24.6 Å². The molecule has 1 aromatic carbocycles. The summed E-state index contributed by atoms with van der Waals surface area (Å²) in [4.78, 5) is 0.702. The van der Waals surface area contributed by atoms with E-state index in [4.69, 9.17) is 0 Å². The second-order valence-corrected chi connectivity index (χ2v) is 6.74. The van der Waals surface area contributed by atoms with E-state index in [0.717, 1.165) is 16.3 Å². The van der Waals surface area contributed by atoms with Crippen molar-refractivity contribution in [2.45, 2.75) is 34.5 Å². The van der Waals surface area contributed by atoms with Gasteiger partial charge < -0.3 is 5.32 Å². The van der Waals surface area contributed by atoms with Crippen LogP contribution >= 0.6 is 23.1 Å². The lowest BCUT2D eigenvalue weighted by molar-refractivity contribution is 0.595. The summed E-state index contributed by atoms with van der Waals surface area (Å²) in [5.74, 6) is -0.122. The molecule has 0 aliphatic heterocycles. The van der Waals surface area contributed by atoms with Crippen LogP contribution in [-0.4, -0.2) is 6.04 Å². The molecule has 3 rings (SSSR count). The van der Waals surface area contributed by atoms with E-state index in [2.05, 4.69) is 5.32 Å². The maximum atomic E-state index is 13.9. The third-order valence-corrected chi connectivity index (χ3v) is 4.96. The summed E-state index contributed by atoms with van der Waals surface area (Å²) < 4.78 is 15.1. The third-order valence-electron chi connectivity index (χ3n) is 2.87. The smallest absolute Gasteiger partial charge is 0.137 e. The van der Waals surface area contributed by atoms with Crippen molar-refractivity contribution in [3.8, 4) is 0 Å². The molecule has 0 spiro atoms. The van der Waals surface area contributed by atoms with Crippen molar-refractivity contribution in [1.29, 1.82) is 0 Å². The molecule has 0 unspecified atom stereocenters. The minimum absolute atomic E-state index is 0.122. The Bertz CT molecular complexity index is 521. The van der Waals surface area contributed by atoms with E-state index in [-0.39, 0.29) is 5.82 Å². The number of hydrogen-bond donors (Lipinski definition) is 1. The molecule has 1 aliphatic carbocycles. The molecule has 4 heteroatoms. The Hall–Kier alpha value is -0.840. The van der Waals surface area contributed by atoms with Crippen LogP contribution in [0, 0.1) is 5.82 Å². The lowest BCUT2D eigenvalue weighted by Crippen LogP contribution is -2.15. The first-order valence-electron chi connectivity index (χ1n) is 6.04. The number of nitrogens with one attached hydrogen (secondary N) is 1. The van der Waals surface area contributed by atoms with Gasteiger partial charge >= 0.3 is 0 Å². The van der Waals surface area contributed by atoms with Crippen molar-refractivity contribution in [3.05, 3.63) is 47.1 Å². The first-order chi connectivity index (χ1) is 8.81. The van der Waals surface area contributed by atoms with Crippen LogP contribution in [0.5, 0.6) is 0 Å². The van der Waals surface area contributed by atoms with Gasteiger partial charge in [-0.15, -0.1) is 11.3 Å². The largest absolute Gasteiger partial charge is 0.310 e. The van der Waals surface area contributed by atoms with E-state index in [0.29, 0.717) is 10.9 Å². The van der Waals surface area contributed by atoms with Crippen LogP contribution in [0.15, 0.2) is 44.8 Å². The van der Waals surface area contributed by atoms with Gasteiger partial charge in [0.1, 0.15) is 5.82 Å². The minimum atomic E-state index is -0.122. The molecule has 1 aliphatic rings. The second-order valence-electron chi connectivity index (χ2n) is 4.45. The molecule has 1 aromatic heterocycles. The molecule has 0 bridgehead atoms. The highest BCUT2D eigenvalue weighted by Gasteiger charge is 2.20. The van der Waals surface area contributed by atoms with Crippen LogP contribution < -0.4 is 5.32 Å². The summed E-state index contributed by atoms with van der Waals surface area (Å²) in [6, 6.07) is 10.2. The molecule has 1 heterocycles. The summed E-state index contributed by atoms with van der Waals surface area (Å²) in [6.45, 7) is 0.769. The Balaban J connectivity index is 1.67. The summed E-state index contributed by atoms with van der Waals surface area (Å²) in [5, 5.41) is 5.40. The average molecular weight is 279 g/mol. The molecule has 0 atom stereocenters. The highest BCUT2D eigenvalue weighted by Crippen LogP contribution is 2.33. The van der Waals surface area contributed by atoms with Crippen LogP contribution in [0.4, 0.5) is 4.39 Å². The molecule has 1 saturated carbocycles. The fourth-order valence-corrected chi connectivity index (χ4v) is 3.45. The Morgan fingerprint density at radius 3 is 2.89 bits per heavy atom. The summed E-state index contributed by atoms with van der Waals surface area (Å²) in [5.41, 5.74) is 1.02. The Kier molecular flexibility index (Phi) is 3.68. The van der Waals surface area contributed by atoms with Crippen molar-refractivity contribution in [3.63, 3.8) is 0 Å². The molecular weight excluding hydrogens is 265 g/mol. The lowest BCUT2D eigenvalue weighted by atomic mass is 10.2. The van der Waals surface area contributed by atoms with Crippen LogP contribution in [-0.2, 0) is 6.54 Å². The topological polar surface area (TPSA) is 12.0 Å². The van der Waals surface area contributed by atoms with Crippen molar-refractivity contribution < 1.29 is 4.39 Å². The fourth-order valence-electron chi connectivity index (χ4n) is 1.72. The highest BCUT2D eigenvalue weighted by atomic mass is 32.2. The van der Waals surface area contributed by atoms with Crippen LogP contribution in [0.3, 0.4) is 0 Å². The zero-order valence-corrected chi connectivity index (χ0v) is 11.5. The van der Waals surface area contributed by atoms with Gasteiger partial charge in [0.2, 0.25) is 0 Å². The number of hydrogen-bond acceptors (Lipinski definition) is 3. The van der Waals surface area contributed by atoms with Gasteiger partial charge in [-0.25, -0.2) is 4.39 Å². The quantitative estimate of drug-likeness (QED) is 0.876. The first kappa shape index (κ1) is 12.2. The van der Waals surface area contributed by atoms with Crippen molar-refractivity contribution in [2.75, 3.05) is 0 Å². The molecule has 1 nitrogen and oxygen atoms in total. The molecule has 0 radical (unpaired) electrons. The summed E-state index contributed by atoms with van der Waals surface area (Å²) in [7, 11) is 0. The fraction of sp³-hybridized carbons (Fsp3) is 0.286. The van der Waals surface area contributed by atoms with Gasteiger partial charge in [0, 0.05) is 17.5 Å². The second kappa shape index (κ2) is 5.43. The predicted molar refractivity (Wildman–Crippen MR) is 74.7 cm³/mol.